The van der Waals surface area contributed by atoms with Crippen molar-refractivity contribution in [1.29, 1.82) is 0 Å². The van der Waals surface area contributed by atoms with Crippen LogP contribution >= 0.6 is 11.3 Å². The Morgan fingerprint density at radius 2 is 2.39 bits per heavy atom. The van der Waals surface area contributed by atoms with Crippen LogP contribution in [0.1, 0.15) is 25.0 Å². The van der Waals surface area contributed by atoms with Crippen LogP contribution in [0.25, 0.3) is 0 Å². The Labute approximate surface area is 110 Å². The summed E-state index contributed by atoms with van der Waals surface area (Å²) >= 11 is 1.38. The molecule has 0 radical (unpaired) electrons. The van der Waals surface area contributed by atoms with E-state index in [1.54, 1.807) is 0 Å². The van der Waals surface area contributed by atoms with E-state index in [1.807, 2.05) is 5.38 Å². The van der Waals surface area contributed by atoms with E-state index in [9.17, 15) is 4.79 Å². The lowest BCUT2D eigenvalue weighted by atomic mass is 10.2. The maximum absolute atomic E-state index is 11.9. The molecule has 2 fully saturated rings. The maximum Gasteiger partial charge on any atom is 0.226 e. The first kappa shape index (κ1) is 11.9. The largest absolute Gasteiger partial charge is 0.375 e. The van der Waals surface area contributed by atoms with Gasteiger partial charge in [0.15, 0.2) is 5.13 Å². The van der Waals surface area contributed by atoms with Gasteiger partial charge in [-0.3, -0.25) is 9.69 Å². The van der Waals surface area contributed by atoms with E-state index >= 15 is 0 Å². The van der Waals surface area contributed by atoms with Crippen molar-refractivity contribution >= 4 is 22.4 Å². The number of nitrogens with zero attached hydrogens (tertiary/aromatic N) is 2. The van der Waals surface area contributed by atoms with Crippen LogP contribution in [-0.2, 0) is 11.2 Å². The minimum Gasteiger partial charge on any atom is -0.375 e. The molecule has 1 saturated heterocycles. The van der Waals surface area contributed by atoms with Gasteiger partial charge in [0, 0.05) is 30.6 Å². The van der Waals surface area contributed by atoms with E-state index < -0.39 is 0 Å². The number of hydrogen-bond acceptors (Lipinski definition) is 5. The van der Waals surface area contributed by atoms with Gasteiger partial charge in [-0.15, -0.1) is 11.3 Å². The van der Waals surface area contributed by atoms with E-state index in [1.165, 1.54) is 24.2 Å². The number of anilines is 1. The quantitative estimate of drug-likeness (QED) is 0.838. The number of carbonyl (C=O) groups is 1. The molecule has 1 saturated carbocycles. The highest BCUT2D eigenvalue weighted by molar-refractivity contribution is 7.13. The molecular weight excluding hydrogens is 248 g/mol. The molecule has 1 aliphatic carbocycles. The van der Waals surface area contributed by atoms with Gasteiger partial charge in [-0.25, -0.2) is 4.98 Å². The summed E-state index contributed by atoms with van der Waals surface area (Å²) in [7, 11) is 0. The summed E-state index contributed by atoms with van der Waals surface area (Å²) in [5.74, 6) is 0.0583. The molecule has 5 nitrogen and oxygen atoms in total. The molecule has 1 unspecified atom stereocenters. The van der Waals surface area contributed by atoms with Crippen LogP contribution in [0.3, 0.4) is 0 Å². The van der Waals surface area contributed by atoms with Crippen molar-refractivity contribution < 1.29 is 4.79 Å². The molecule has 0 spiro atoms. The first-order valence-electron chi connectivity index (χ1n) is 6.44. The highest BCUT2D eigenvalue weighted by atomic mass is 32.1. The first-order valence-corrected chi connectivity index (χ1v) is 7.32. The van der Waals surface area contributed by atoms with Crippen LogP contribution in [0, 0.1) is 0 Å². The summed E-state index contributed by atoms with van der Waals surface area (Å²) in [6.07, 6.45) is 4.08. The molecule has 1 aromatic rings. The van der Waals surface area contributed by atoms with Crippen LogP contribution in [0.15, 0.2) is 5.38 Å². The van der Waals surface area contributed by atoms with Crippen molar-refractivity contribution in [3.63, 3.8) is 0 Å². The molecule has 0 aromatic carbocycles. The zero-order valence-corrected chi connectivity index (χ0v) is 11.1. The van der Waals surface area contributed by atoms with Crippen LogP contribution < -0.4 is 11.1 Å². The van der Waals surface area contributed by atoms with E-state index in [-0.39, 0.29) is 5.91 Å². The van der Waals surface area contributed by atoms with Gasteiger partial charge in [0.25, 0.3) is 0 Å². The number of nitrogen functional groups attached to an aromatic ring is 1. The Bertz CT molecular complexity index is 443. The minimum absolute atomic E-state index is 0.0583. The number of rotatable bonds is 4. The third-order valence-electron chi connectivity index (χ3n) is 3.56. The molecule has 2 heterocycles. The van der Waals surface area contributed by atoms with Crippen molar-refractivity contribution in [1.82, 2.24) is 15.2 Å². The molecule has 1 amide bonds. The number of thiazole rings is 1. The van der Waals surface area contributed by atoms with Gasteiger partial charge in [-0.2, -0.15) is 0 Å². The zero-order valence-electron chi connectivity index (χ0n) is 10.3. The lowest BCUT2D eigenvalue weighted by Gasteiger charge is -2.15. The number of nitrogens with one attached hydrogen (secondary N) is 1. The second-order valence-electron chi connectivity index (χ2n) is 5.13. The van der Waals surface area contributed by atoms with Gasteiger partial charge in [-0.1, -0.05) is 0 Å². The summed E-state index contributed by atoms with van der Waals surface area (Å²) in [6.45, 7) is 2.13. The summed E-state index contributed by atoms with van der Waals surface area (Å²) in [6, 6.07) is 1.11. The molecule has 18 heavy (non-hydrogen) atoms. The molecule has 0 bridgehead atoms. The number of hydrogen-bond donors (Lipinski definition) is 2. The fraction of sp³-hybridized carbons (Fsp3) is 0.667. The molecule has 6 heteroatoms. The third kappa shape index (κ3) is 2.81. The second-order valence-corrected chi connectivity index (χ2v) is 6.02. The fourth-order valence-electron chi connectivity index (χ4n) is 2.52. The van der Waals surface area contributed by atoms with Crippen molar-refractivity contribution in [3.8, 4) is 0 Å². The molecular formula is C12H18N4OS. The Morgan fingerprint density at radius 3 is 3.06 bits per heavy atom. The zero-order chi connectivity index (χ0) is 12.5. The predicted octanol–water partition coefficient (Wildman–Crippen LogP) is 0.621. The van der Waals surface area contributed by atoms with Gasteiger partial charge in [-0.05, 0) is 19.3 Å². The van der Waals surface area contributed by atoms with Crippen LogP contribution in [0.5, 0.6) is 0 Å². The summed E-state index contributed by atoms with van der Waals surface area (Å²) in [4.78, 5) is 18.5. The molecule has 2 aliphatic rings. The minimum atomic E-state index is 0.0583. The Balaban J connectivity index is 1.46. The topological polar surface area (TPSA) is 71.2 Å². The number of carbonyl (C=O) groups excluding carboxylic acids is 1. The molecule has 1 aromatic heterocycles. The average Bonchev–Trinajstić information content (AvgIpc) is 2.95. The monoisotopic (exact) mass is 266 g/mol. The van der Waals surface area contributed by atoms with Gasteiger partial charge in [0.05, 0.1) is 12.1 Å². The van der Waals surface area contributed by atoms with Crippen molar-refractivity contribution in [2.24, 2.45) is 0 Å². The van der Waals surface area contributed by atoms with Crippen molar-refractivity contribution in [2.45, 2.75) is 37.8 Å². The smallest absolute Gasteiger partial charge is 0.226 e. The van der Waals surface area contributed by atoms with E-state index in [0.29, 0.717) is 17.6 Å². The third-order valence-corrected chi connectivity index (χ3v) is 4.28. The molecule has 98 valence electrons. The molecule has 3 N–H and O–H groups in total. The van der Waals surface area contributed by atoms with E-state index in [2.05, 4.69) is 15.2 Å². The number of amides is 1. The van der Waals surface area contributed by atoms with Gasteiger partial charge < -0.3 is 11.1 Å². The first-order chi connectivity index (χ1) is 8.70. The average molecular weight is 266 g/mol. The highest BCUT2D eigenvalue weighted by Gasteiger charge is 2.34. The SMILES string of the molecule is Nc1nc(CC(=O)NC2CCN(C3CC3)C2)cs1. The fourth-order valence-corrected chi connectivity index (χ4v) is 3.09. The second kappa shape index (κ2) is 4.85. The lowest BCUT2D eigenvalue weighted by Crippen LogP contribution is -2.38. The highest BCUT2D eigenvalue weighted by Crippen LogP contribution is 2.29. The Morgan fingerprint density at radius 1 is 1.56 bits per heavy atom. The van der Waals surface area contributed by atoms with Crippen LogP contribution in [0.4, 0.5) is 5.13 Å². The predicted molar refractivity (Wildman–Crippen MR) is 71.4 cm³/mol. The van der Waals surface area contributed by atoms with Crippen LogP contribution in [0.2, 0.25) is 0 Å². The van der Waals surface area contributed by atoms with E-state index in [4.69, 9.17) is 5.73 Å². The van der Waals surface area contributed by atoms with Gasteiger partial charge in [0.1, 0.15) is 0 Å². The molecule has 1 aliphatic heterocycles. The van der Waals surface area contributed by atoms with E-state index in [0.717, 1.165) is 31.2 Å². The maximum atomic E-state index is 11.9. The number of nitrogens with two attached hydrogens (primary N) is 1. The van der Waals surface area contributed by atoms with Crippen molar-refractivity contribution in [2.75, 3.05) is 18.8 Å². The molecule has 1 atom stereocenters. The van der Waals surface area contributed by atoms with Crippen molar-refractivity contribution in [3.05, 3.63) is 11.1 Å². The van der Waals surface area contributed by atoms with Gasteiger partial charge >= 0.3 is 0 Å². The Kier molecular flexibility index (Phi) is 3.22. The summed E-state index contributed by atoms with van der Waals surface area (Å²) < 4.78 is 0. The summed E-state index contributed by atoms with van der Waals surface area (Å²) in [5.41, 5.74) is 6.32. The number of likely N-dealkylation sites (tertiary alicyclic amines) is 1. The van der Waals surface area contributed by atoms with Gasteiger partial charge in [0.2, 0.25) is 5.91 Å². The number of aromatic nitrogens is 1. The summed E-state index contributed by atoms with van der Waals surface area (Å²) in [5, 5.41) is 5.47. The standard InChI is InChI=1S/C12H18N4OS/c13-12-15-9(7-18-12)5-11(17)14-8-3-4-16(6-8)10-1-2-10/h7-8,10H,1-6H2,(H2,13,15)(H,14,17). The lowest BCUT2D eigenvalue weighted by molar-refractivity contribution is -0.121. The Hall–Kier alpha value is -1.14. The normalized spacial score (nSPS) is 24.3. The van der Waals surface area contributed by atoms with Crippen LogP contribution in [-0.4, -0.2) is 41.0 Å². The molecule has 3 rings (SSSR count).